The Hall–Kier alpha value is -1.30. The van der Waals surface area contributed by atoms with Crippen molar-refractivity contribution in [3.63, 3.8) is 0 Å². The van der Waals surface area contributed by atoms with E-state index < -0.39 is 0 Å². The molecule has 2 rings (SSSR count). The van der Waals surface area contributed by atoms with Gasteiger partial charge in [0.1, 0.15) is 5.82 Å². The molecule has 4 nitrogen and oxygen atoms in total. The fourth-order valence-electron chi connectivity index (χ4n) is 1.67. The molecule has 0 radical (unpaired) electrons. The lowest BCUT2D eigenvalue weighted by atomic mass is 10.1. The monoisotopic (exact) mass is 321 g/mol. The number of halogens is 1. The molecule has 2 aromatic rings. The first kappa shape index (κ1) is 14.1. The van der Waals surface area contributed by atoms with Crippen LogP contribution in [-0.2, 0) is 13.2 Å². The molecule has 5 heteroatoms. The second-order valence-corrected chi connectivity index (χ2v) is 5.25. The summed E-state index contributed by atoms with van der Waals surface area (Å²) >= 11 is 3.32. The van der Waals surface area contributed by atoms with Gasteiger partial charge in [0.15, 0.2) is 0 Å². The Bertz CT molecular complexity index is 513. The second kappa shape index (κ2) is 6.75. The van der Waals surface area contributed by atoms with E-state index in [2.05, 4.69) is 31.2 Å². The Balaban J connectivity index is 1.92. The van der Waals surface area contributed by atoms with E-state index >= 15 is 0 Å². The van der Waals surface area contributed by atoms with Crippen LogP contribution in [0.25, 0.3) is 0 Å². The van der Waals surface area contributed by atoms with Crippen molar-refractivity contribution in [1.82, 2.24) is 15.3 Å². The highest BCUT2D eigenvalue weighted by molar-refractivity contribution is 9.10. The van der Waals surface area contributed by atoms with Crippen molar-refractivity contribution in [2.75, 3.05) is 0 Å². The number of nitrogens with one attached hydrogen (secondary N) is 1. The molecule has 0 saturated heterocycles. The quantitative estimate of drug-likeness (QED) is 0.888. The zero-order valence-electron chi connectivity index (χ0n) is 10.7. The maximum Gasteiger partial charge on any atom is 0.144 e. The molecular formula is C14H16BrN3O. The molecule has 100 valence electrons. The van der Waals surface area contributed by atoms with Crippen molar-refractivity contribution in [3.05, 3.63) is 58.1 Å². The molecule has 0 aliphatic carbocycles. The molecule has 19 heavy (non-hydrogen) atoms. The number of hydrogen-bond acceptors (Lipinski definition) is 4. The lowest BCUT2D eigenvalue weighted by Gasteiger charge is -2.12. The lowest BCUT2D eigenvalue weighted by Crippen LogP contribution is -2.20. The zero-order chi connectivity index (χ0) is 13.7. The van der Waals surface area contributed by atoms with E-state index in [0.29, 0.717) is 0 Å². The SMILES string of the molecule is CC(NCc1ccc(CO)cc1)c1ncc(Br)cn1. The fraction of sp³-hybridized carbons (Fsp3) is 0.286. The van der Waals surface area contributed by atoms with E-state index in [9.17, 15) is 0 Å². The molecule has 1 atom stereocenters. The van der Waals surface area contributed by atoms with Crippen LogP contribution in [0.3, 0.4) is 0 Å². The minimum Gasteiger partial charge on any atom is -0.392 e. The van der Waals surface area contributed by atoms with Gasteiger partial charge in [-0.1, -0.05) is 24.3 Å². The number of aromatic nitrogens is 2. The maximum atomic E-state index is 8.98. The summed E-state index contributed by atoms with van der Waals surface area (Å²) in [5, 5.41) is 12.4. The van der Waals surface area contributed by atoms with Crippen molar-refractivity contribution in [2.45, 2.75) is 26.1 Å². The number of nitrogens with zero attached hydrogens (tertiary/aromatic N) is 2. The largest absolute Gasteiger partial charge is 0.392 e. The first-order valence-electron chi connectivity index (χ1n) is 6.08. The van der Waals surface area contributed by atoms with Crippen molar-refractivity contribution >= 4 is 15.9 Å². The first-order chi connectivity index (χ1) is 9.19. The molecule has 1 heterocycles. The van der Waals surface area contributed by atoms with Gasteiger partial charge < -0.3 is 10.4 Å². The van der Waals surface area contributed by atoms with E-state index in [4.69, 9.17) is 5.11 Å². The van der Waals surface area contributed by atoms with Crippen LogP contribution in [0.15, 0.2) is 41.1 Å². The Morgan fingerprint density at radius 3 is 2.32 bits per heavy atom. The first-order valence-corrected chi connectivity index (χ1v) is 6.88. The summed E-state index contributed by atoms with van der Waals surface area (Å²) in [7, 11) is 0. The van der Waals surface area contributed by atoms with Crippen LogP contribution in [0.4, 0.5) is 0 Å². The van der Waals surface area contributed by atoms with E-state index in [1.54, 1.807) is 12.4 Å². The van der Waals surface area contributed by atoms with Crippen LogP contribution in [0.2, 0.25) is 0 Å². The average Bonchev–Trinajstić information content (AvgIpc) is 2.46. The number of aliphatic hydroxyl groups excluding tert-OH is 1. The van der Waals surface area contributed by atoms with Crippen molar-refractivity contribution in [2.24, 2.45) is 0 Å². The van der Waals surface area contributed by atoms with Crippen LogP contribution in [0.5, 0.6) is 0 Å². The van der Waals surface area contributed by atoms with Gasteiger partial charge in [0.25, 0.3) is 0 Å². The highest BCUT2D eigenvalue weighted by atomic mass is 79.9. The van der Waals surface area contributed by atoms with Crippen LogP contribution in [0.1, 0.15) is 29.9 Å². The third-order valence-corrected chi connectivity index (χ3v) is 3.26. The molecule has 0 bridgehead atoms. The Morgan fingerprint density at radius 2 is 1.74 bits per heavy atom. The average molecular weight is 322 g/mol. The van der Waals surface area contributed by atoms with Gasteiger partial charge >= 0.3 is 0 Å². The van der Waals surface area contributed by atoms with Gasteiger partial charge in [0.2, 0.25) is 0 Å². The van der Waals surface area contributed by atoms with Gasteiger partial charge in [0.05, 0.1) is 17.1 Å². The molecule has 1 aromatic heterocycles. The lowest BCUT2D eigenvalue weighted by molar-refractivity contribution is 0.282. The third-order valence-electron chi connectivity index (χ3n) is 2.85. The van der Waals surface area contributed by atoms with Crippen molar-refractivity contribution in [1.29, 1.82) is 0 Å². The van der Waals surface area contributed by atoms with Gasteiger partial charge in [0, 0.05) is 18.9 Å². The normalized spacial score (nSPS) is 12.4. The topological polar surface area (TPSA) is 58.0 Å². The molecule has 0 amide bonds. The highest BCUT2D eigenvalue weighted by Crippen LogP contribution is 2.11. The van der Waals surface area contributed by atoms with Gasteiger partial charge in [-0.2, -0.15) is 0 Å². The Labute approximate surface area is 121 Å². The van der Waals surface area contributed by atoms with Crippen molar-refractivity contribution < 1.29 is 5.11 Å². The summed E-state index contributed by atoms with van der Waals surface area (Å²) in [6, 6.07) is 7.96. The van der Waals surface area contributed by atoms with E-state index in [1.807, 2.05) is 31.2 Å². The predicted octanol–water partition coefficient (Wildman–Crippen LogP) is 2.58. The summed E-state index contributed by atoms with van der Waals surface area (Å²) in [5.41, 5.74) is 2.09. The molecule has 2 N–H and O–H groups in total. The molecule has 0 aliphatic rings. The number of aliphatic hydroxyl groups is 1. The molecule has 0 fully saturated rings. The molecule has 1 aromatic carbocycles. The summed E-state index contributed by atoms with van der Waals surface area (Å²) < 4.78 is 0.878. The smallest absolute Gasteiger partial charge is 0.144 e. The standard InChI is InChI=1S/C14H16BrN3O/c1-10(14-17-7-13(15)8-18-14)16-6-11-2-4-12(9-19)5-3-11/h2-5,7-8,10,16,19H,6,9H2,1H3. The van der Waals surface area contributed by atoms with E-state index in [1.165, 1.54) is 5.56 Å². The van der Waals surface area contributed by atoms with Crippen LogP contribution >= 0.6 is 15.9 Å². The van der Waals surface area contributed by atoms with Crippen molar-refractivity contribution in [3.8, 4) is 0 Å². The van der Waals surface area contributed by atoms with E-state index in [-0.39, 0.29) is 12.6 Å². The van der Waals surface area contributed by atoms with Gasteiger partial charge in [-0.25, -0.2) is 9.97 Å². The minimum atomic E-state index is 0.0802. The summed E-state index contributed by atoms with van der Waals surface area (Å²) in [6.07, 6.45) is 3.49. The van der Waals surface area contributed by atoms with E-state index in [0.717, 1.165) is 22.4 Å². The molecule has 0 saturated carbocycles. The minimum absolute atomic E-state index is 0.0802. The Morgan fingerprint density at radius 1 is 1.16 bits per heavy atom. The zero-order valence-corrected chi connectivity index (χ0v) is 12.3. The second-order valence-electron chi connectivity index (χ2n) is 4.34. The summed E-state index contributed by atoms with van der Waals surface area (Å²) in [5.74, 6) is 0.773. The van der Waals surface area contributed by atoms with Gasteiger partial charge in [-0.05, 0) is 34.0 Å². The number of rotatable bonds is 5. The molecular weight excluding hydrogens is 306 g/mol. The van der Waals surface area contributed by atoms with Crippen LogP contribution < -0.4 is 5.32 Å². The predicted molar refractivity (Wildman–Crippen MR) is 77.4 cm³/mol. The fourth-order valence-corrected chi connectivity index (χ4v) is 1.88. The highest BCUT2D eigenvalue weighted by Gasteiger charge is 2.07. The van der Waals surface area contributed by atoms with Crippen LogP contribution in [-0.4, -0.2) is 15.1 Å². The van der Waals surface area contributed by atoms with Gasteiger partial charge in [-0.15, -0.1) is 0 Å². The molecule has 1 unspecified atom stereocenters. The maximum absolute atomic E-state index is 8.98. The Kier molecular flexibility index (Phi) is 5.01. The summed E-state index contributed by atoms with van der Waals surface area (Å²) in [4.78, 5) is 8.53. The number of hydrogen-bond donors (Lipinski definition) is 2. The number of benzene rings is 1. The van der Waals surface area contributed by atoms with Gasteiger partial charge in [-0.3, -0.25) is 0 Å². The summed E-state index contributed by atoms with van der Waals surface area (Å²) in [6.45, 7) is 2.86. The van der Waals surface area contributed by atoms with Crippen LogP contribution in [0, 0.1) is 0 Å². The molecule has 0 aliphatic heterocycles. The third kappa shape index (κ3) is 4.09. The molecule has 0 spiro atoms.